The number of nitrogens with zero attached hydrogens (tertiary/aromatic N) is 1. The molecular formula is C8H11ClN2O. The third-order valence-electron chi connectivity index (χ3n) is 1.30. The third kappa shape index (κ3) is 2.08. The van der Waals surface area contributed by atoms with E-state index in [2.05, 4.69) is 9.97 Å². The molecular weight excluding hydrogens is 176 g/mol. The highest BCUT2D eigenvalue weighted by Crippen LogP contribution is 2.11. The quantitative estimate of drug-likeness (QED) is 0.739. The van der Waals surface area contributed by atoms with E-state index in [0.29, 0.717) is 6.42 Å². The molecule has 1 N–H and O–H groups in total. The lowest BCUT2D eigenvalue weighted by Gasteiger charge is -1.90. The number of aldehydes is 1. The van der Waals surface area contributed by atoms with Gasteiger partial charge in [0.1, 0.15) is 12.9 Å². The molecule has 0 aromatic carbocycles. The molecule has 1 aromatic heterocycles. The van der Waals surface area contributed by atoms with E-state index in [9.17, 15) is 4.79 Å². The number of halogens is 1. The average molecular weight is 190 g/mol. The first kappa shape index (κ1) is 5.75. The molecule has 0 atom stereocenters. The predicted octanol–water partition coefficient (Wildman–Crippen LogP) is 2.22. The van der Waals surface area contributed by atoms with Gasteiger partial charge in [0.25, 0.3) is 0 Å². The number of aryl methyl sites for hydroxylation is 1. The van der Waals surface area contributed by atoms with Crippen molar-refractivity contribution >= 4 is 17.9 Å². The molecule has 1 heterocycles. The molecule has 0 fully saturated rings. The van der Waals surface area contributed by atoms with Crippen molar-refractivity contribution in [3.05, 3.63) is 16.7 Å². The highest BCUT2D eigenvalue weighted by Gasteiger charge is 2.05. The van der Waals surface area contributed by atoms with Gasteiger partial charge in [0.15, 0.2) is 11.4 Å². The van der Waals surface area contributed by atoms with Crippen molar-refractivity contribution in [2.45, 2.75) is 26.1 Å². The zero-order valence-electron chi connectivity index (χ0n) is 9.65. The van der Waals surface area contributed by atoms with Crippen LogP contribution in [0.1, 0.15) is 40.2 Å². The molecule has 0 aliphatic rings. The number of hydrogen-bond donors (Lipinski definition) is 1. The maximum Gasteiger partial charge on any atom is 0.169 e. The number of H-pyrrole nitrogens is 1. The minimum atomic E-state index is -1.65. The molecule has 0 bridgehead atoms. The molecule has 0 saturated carbocycles. The first-order valence-corrected chi connectivity index (χ1v) is 4.03. The maximum absolute atomic E-state index is 10.8. The second kappa shape index (κ2) is 4.26. The highest BCUT2D eigenvalue weighted by molar-refractivity contribution is 6.31. The number of hydrogen-bond acceptors (Lipinski definition) is 2. The topological polar surface area (TPSA) is 45.8 Å². The summed E-state index contributed by atoms with van der Waals surface area (Å²) in [5.74, 6) is 0.00458. The molecule has 0 amide bonds. The zero-order chi connectivity index (χ0) is 11.6. The van der Waals surface area contributed by atoms with Crippen LogP contribution < -0.4 is 0 Å². The van der Waals surface area contributed by atoms with E-state index in [1.54, 1.807) is 0 Å². The lowest BCUT2D eigenvalue weighted by atomic mass is 10.2. The van der Waals surface area contributed by atoms with Crippen LogP contribution in [0.3, 0.4) is 0 Å². The number of rotatable bonds is 4. The minimum absolute atomic E-state index is 0.00458. The summed E-state index contributed by atoms with van der Waals surface area (Å²) in [6, 6.07) is 0. The molecule has 0 radical (unpaired) electrons. The van der Waals surface area contributed by atoms with Crippen molar-refractivity contribution in [3.63, 3.8) is 0 Å². The Morgan fingerprint density at radius 3 is 3.17 bits per heavy atom. The molecule has 1 rings (SSSR count). The van der Waals surface area contributed by atoms with E-state index < -0.39 is 12.6 Å². The van der Waals surface area contributed by atoms with Gasteiger partial charge in [0, 0.05) is 9.11 Å². The number of nitrogens with one attached hydrogen (secondary N) is 1. The summed E-state index contributed by atoms with van der Waals surface area (Å²) in [5.41, 5.74) is -0.161. The van der Waals surface area contributed by atoms with Crippen molar-refractivity contribution in [2.75, 3.05) is 0 Å². The number of imidazole rings is 1. The summed E-state index contributed by atoms with van der Waals surface area (Å²) in [6.45, 7) is 1.85. The summed E-state index contributed by atoms with van der Waals surface area (Å²) in [7, 11) is 0. The Morgan fingerprint density at radius 1 is 1.92 bits per heavy atom. The average Bonchev–Trinajstić information content (AvgIpc) is 2.47. The molecule has 12 heavy (non-hydrogen) atoms. The predicted molar refractivity (Wildman–Crippen MR) is 47.6 cm³/mol. The molecule has 0 aliphatic heterocycles. The van der Waals surface area contributed by atoms with Crippen LogP contribution >= 0.6 is 11.6 Å². The van der Waals surface area contributed by atoms with Gasteiger partial charge in [-0.3, -0.25) is 4.79 Å². The number of aromatic nitrogens is 2. The van der Waals surface area contributed by atoms with Crippen LogP contribution in [0, 0.1) is 0 Å². The van der Waals surface area contributed by atoms with Gasteiger partial charge in [0.05, 0.1) is 0 Å². The van der Waals surface area contributed by atoms with Gasteiger partial charge in [-0.25, -0.2) is 4.98 Å². The Labute approximate surface area is 80.4 Å². The maximum atomic E-state index is 10.8. The molecule has 4 heteroatoms. The summed E-state index contributed by atoms with van der Waals surface area (Å²) >= 11 is 5.60. The van der Waals surface area contributed by atoms with Crippen molar-refractivity contribution in [2.24, 2.45) is 0 Å². The Hall–Kier alpha value is -0.830. The fourth-order valence-corrected chi connectivity index (χ4v) is 0.917. The fraction of sp³-hybridized carbons (Fsp3) is 0.500. The minimum Gasteiger partial charge on any atom is -0.339 e. The Bertz CT molecular complexity index is 378. The van der Waals surface area contributed by atoms with Crippen LogP contribution in [0.2, 0.25) is 5.15 Å². The first-order chi connectivity index (χ1) is 6.88. The fourth-order valence-electron chi connectivity index (χ4n) is 0.747. The third-order valence-corrected chi connectivity index (χ3v) is 1.58. The van der Waals surface area contributed by atoms with Crippen molar-refractivity contribution < 1.29 is 8.91 Å². The van der Waals surface area contributed by atoms with E-state index in [4.69, 9.17) is 15.7 Å². The monoisotopic (exact) mass is 189 g/mol. The van der Waals surface area contributed by atoms with Gasteiger partial charge in [-0.05, 0) is 6.42 Å². The van der Waals surface area contributed by atoms with E-state index in [-0.39, 0.29) is 23.1 Å². The number of aromatic amines is 1. The summed E-state index contributed by atoms with van der Waals surface area (Å²) in [4.78, 5) is 16.9. The van der Waals surface area contributed by atoms with Crippen molar-refractivity contribution in [1.82, 2.24) is 9.97 Å². The smallest absolute Gasteiger partial charge is 0.169 e. The van der Waals surface area contributed by atoms with Crippen LogP contribution in [0.15, 0.2) is 0 Å². The molecule has 3 nitrogen and oxygen atoms in total. The number of carbonyl (C=O) groups excluding carboxylic acids is 1. The summed E-state index contributed by atoms with van der Waals surface area (Å²) in [5, 5.41) is -0.148. The summed E-state index contributed by atoms with van der Waals surface area (Å²) in [6.07, 6.45) is -1.71. The lowest BCUT2D eigenvalue weighted by molar-refractivity contribution is 0.111. The van der Waals surface area contributed by atoms with Gasteiger partial charge in [-0.15, -0.1) is 0 Å². The molecule has 1 aromatic rings. The van der Waals surface area contributed by atoms with E-state index in [1.165, 1.54) is 0 Å². The molecule has 66 valence electrons. The SMILES string of the molecule is [2H]C(=O)c1[nH]c(C([2H])([2H])CCC)nc1Cl. The van der Waals surface area contributed by atoms with Crippen LogP contribution in [0.25, 0.3) is 0 Å². The Morgan fingerprint density at radius 2 is 2.67 bits per heavy atom. The second-order valence-corrected chi connectivity index (χ2v) is 2.64. The zero-order valence-corrected chi connectivity index (χ0v) is 7.40. The van der Waals surface area contributed by atoms with Gasteiger partial charge in [-0.2, -0.15) is 0 Å². The molecule has 0 aliphatic carbocycles. The molecule has 0 spiro atoms. The Balaban J connectivity index is 3.06. The van der Waals surface area contributed by atoms with Crippen LogP contribution in [-0.2, 0) is 6.37 Å². The largest absolute Gasteiger partial charge is 0.339 e. The standard InChI is InChI=1S/C8H11ClN2O/c1-2-3-4-7-10-6(5-12)8(9)11-7/h5H,2-4H2,1H3,(H,10,11)/i4D2,5D. The molecule has 0 saturated heterocycles. The number of carbonyl (C=O) groups is 1. The van der Waals surface area contributed by atoms with Gasteiger partial charge in [0.2, 0.25) is 0 Å². The Kier molecular flexibility index (Phi) is 2.04. The molecule has 0 unspecified atom stereocenters. The van der Waals surface area contributed by atoms with Crippen LogP contribution in [-0.4, -0.2) is 16.2 Å². The van der Waals surface area contributed by atoms with E-state index in [1.807, 2.05) is 6.92 Å². The van der Waals surface area contributed by atoms with Crippen LogP contribution in [0.5, 0.6) is 0 Å². The highest BCUT2D eigenvalue weighted by atomic mass is 35.5. The van der Waals surface area contributed by atoms with Crippen LogP contribution in [0.4, 0.5) is 0 Å². The van der Waals surface area contributed by atoms with Gasteiger partial charge in [-0.1, -0.05) is 24.9 Å². The second-order valence-electron chi connectivity index (χ2n) is 2.28. The summed E-state index contributed by atoms with van der Waals surface area (Å²) < 4.78 is 22.2. The van der Waals surface area contributed by atoms with Gasteiger partial charge >= 0.3 is 0 Å². The van der Waals surface area contributed by atoms with E-state index in [0.717, 1.165) is 0 Å². The normalized spacial score (nSPS) is 15.0. The van der Waals surface area contributed by atoms with Crippen molar-refractivity contribution in [3.8, 4) is 0 Å². The van der Waals surface area contributed by atoms with E-state index >= 15 is 0 Å². The first-order valence-electron chi connectivity index (χ1n) is 5.15. The van der Waals surface area contributed by atoms with Gasteiger partial charge < -0.3 is 4.98 Å². The lowest BCUT2D eigenvalue weighted by Crippen LogP contribution is -1.87. The van der Waals surface area contributed by atoms with Crippen molar-refractivity contribution in [1.29, 1.82) is 0 Å².